The molecule has 0 fully saturated rings. The van der Waals surface area contributed by atoms with E-state index in [4.69, 9.17) is 15.0 Å². The van der Waals surface area contributed by atoms with Crippen LogP contribution in [0.2, 0.25) is 0 Å². The third-order valence-corrected chi connectivity index (χ3v) is 14.9. The number of hydrogen-bond acceptors (Lipinski definition) is 5. The van der Waals surface area contributed by atoms with Crippen LogP contribution in [-0.2, 0) is 5.41 Å². The molecular formula is C54H37N3S2. The van der Waals surface area contributed by atoms with Crippen LogP contribution in [0.25, 0.3) is 98.1 Å². The summed E-state index contributed by atoms with van der Waals surface area (Å²) in [5, 5.41) is 5.26. The van der Waals surface area contributed by atoms with Crippen LogP contribution in [0.3, 0.4) is 0 Å². The molecule has 2 aliphatic carbocycles. The van der Waals surface area contributed by atoms with E-state index < -0.39 is 0 Å². The Bertz CT molecular complexity index is 3460. The lowest BCUT2D eigenvalue weighted by Crippen LogP contribution is -2.26. The van der Waals surface area contributed by atoms with Crippen molar-refractivity contribution < 1.29 is 0 Å². The molecule has 12 rings (SSSR count). The lowest BCUT2D eigenvalue weighted by atomic mass is 9.82. The first-order valence-electron chi connectivity index (χ1n) is 20.3. The predicted molar refractivity (Wildman–Crippen MR) is 249 cm³/mol. The minimum atomic E-state index is -0.124. The van der Waals surface area contributed by atoms with Gasteiger partial charge in [0.1, 0.15) is 0 Å². The first kappa shape index (κ1) is 34.5. The quantitative estimate of drug-likeness (QED) is 0.174. The molecule has 7 aromatic carbocycles. The molecule has 0 atom stereocenters. The molecule has 0 spiro atoms. The van der Waals surface area contributed by atoms with Crippen LogP contribution in [0.5, 0.6) is 0 Å². The van der Waals surface area contributed by atoms with Crippen LogP contribution in [-0.4, -0.2) is 15.0 Å². The Morgan fingerprint density at radius 3 is 1.85 bits per heavy atom. The van der Waals surface area contributed by atoms with Gasteiger partial charge in [-0.05, 0) is 80.1 Å². The van der Waals surface area contributed by atoms with E-state index in [9.17, 15) is 0 Å². The highest BCUT2D eigenvalue weighted by molar-refractivity contribution is 7.26. The van der Waals surface area contributed by atoms with Crippen molar-refractivity contribution in [3.05, 3.63) is 184 Å². The van der Waals surface area contributed by atoms with Crippen LogP contribution in [0.15, 0.2) is 158 Å². The number of hydrogen-bond donors (Lipinski definition) is 0. The molecule has 0 unspecified atom stereocenters. The molecular weight excluding hydrogens is 755 g/mol. The maximum Gasteiger partial charge on any atom is 0.164 e. The second-order valence-corrected chi connectivity index (χ2v) is 18.3. The summed E-state index contributed by atoms with van der Waals surface area (Å²) in [7, 11) is 0. The maximum absolute atomic E-state index is 5.38. The minimum absolute atomic E-state index is 0.124. The number of thiophene rings is 2. The normalized spacial score (nSPS) is 14.0. The fourth-order valence-corrected chi connectivity index (χ4v) is 12.0. The van der Waals surface area contributed by atoms with Crippen LogP contribution < -0.4 is 9.75 Å². The zero-order valence-corrected chi connectivity index (χ0v) is 34.3. The fourth-order valence-electron chi connectivity index (χ4n) is 9.51. The van der Waals surface area contributed by atoms with Crippen LogP contribution in [0, 0.1) is 0 Å². The summed E-state index contributed by atoms with van der Waals surface area (Å²) in [4.78, 5) is 16.0. The third-order valence-electron chi connectivity index (χ3n) is 12.5. The van der Waals surface area contributed by atoms with E-state index in [1.807, 2.05) is 22.7 Å². The van der Waals surface area contributed by atoms with Gasteiger partial charge in [-0.1, -0.05) is 166 Å². The topological polar surface area (TPSA) is 38.7 Å². The zero-order valence-electron chi connectivity index (χ0n) is 32.7. The number of benzene rings is 7. The van der Waals surface area contributed by atoms with E-state index in [1.54, 1.807) is 0 Å². The second kappa shape index (κ2) is 13.3. The molecule has 3 nitrogen and oxygen atoms in total. The fraction of sp³-hybridized carbons (Fsp3) is 0.0926. The van der Waals surface area contributed by atoms with Crippen LogP contribution in [0.4, 0.5) is 0 Å². The van der Waals surface area contributed by atoms with E-state index in [0.29, 0.717) is 11.6 Å². The number of fused-ring (bicyclic) bond motifs is 9. The van der Waals surface area contributed by atoms with E-state index in [-0.39, 0.29) is 5.41 Å². The van der Waals surface area contributed by atoms with Gasteiger partial charge in [0.2, 0.25) is 0 Å². The van der Waals surface area contributed by atoms with Gasteiger partial charge >= 0.3 is 0 Å². The molecule has 2 aliphatic rings. The zero-order chi connectivity index (χ0) is 39.2. The monoisotopic (exact) mass is 791 g/mol. The van der Waals surface area contributed by atoms with E-state index >= 15 is 0 Å². The lowest BCUT2D eigenvalue weighted by Gasteiger charge is -2.21. The smallest absolute Gasteiger partial charge is 0.164 e. The summed E-state index contributed by atoms with van der Waals surface area (Å²) in [6, 6.07) is 57.3. The van der Waals surface area contributed by atoms with Gasteiger partial charge in [-0.15, -0.1) is 22.7 Å². The summed E-state index contributed by atoms with van der Waals surface area (Å²) < 4.78 is 5.23. The van der Waals surface area contributed by atoms with E-state index in [1.165, 1.54) is 84.5 Å². The lowest BCUT2D eigenvalue weighted by molar-refractivity contribution is 0.660. The first-order valence-corrected chi connectivity index (χ1v) is 22.0. The molecule has 0 radical (unpaired) electrons. The first-order chi connectivity index (χ1) is 29.0. The van der Waals surface area contributed by atoms with Crippen molar-refractivity contribution >= 4 is 64.6 Å². The Morgan fingerprint density at radius 2 is 1.03 bits per heavy atom. The molecule has 0 aliphatic heterocycles. The number of aromatic nitrogens is 3. The molecule has 0 saturated carbocycles. The molecule has 5 heteroatoms. The molecule has 0 saturated heterocycles. The Kier molecular flexibility index (Phi) is 7.75. The predicted octanol–water partition coefficient (Wildman–Crippen LogP) is 13.2. The van der Waals surface area contributed by atoms with Crippen molar-refractivity contribution in [3.63, 3.8) is 0 Å². The van der Waals surface area contributed by atoms with E-state index in [0.717, 1.165) is 35.4 Å². The van der Waals surface area contributed by atoms with E-state index in [2.05, 4.69) is 178 Å². The molecule has 3 aromatic heterocycles. The molecule has 280 valence electrons. The third kappa shape index (κ3) is 5.42. The molecule has 3 heterocycles. The summed E-state index contributed by atoms with van der Waals surface area (Å²) in [6.07, 6.45) is 4.23. The highest BCUT2D eigenvalue weighted by atomic mass is 32.1. The van der Waals surface area contributed by atoms with Gasteiger partial charge in [0.25, 0.3) is 0 Å². The molecule has 10 aromatic rings. The summed E-state index contributed by atoms with van der Waals surface area (Å²) in [6.45, 7) is 4.65. The van der Waals surface area contributed by atoms with Gasteiger partial charge in [-0.3, -0.25) is 0 Å². The molecule has 59 heavy (non-hydrogen) atoms. The maximum atomic E-state index is 5.38. The summed E-state index contributed by atoms with van der Waals surface area (Å²) in [5.74, 6) is 2.17. The highest BCUT2D eigenvalue weighted by Gasteiger charge is 2.37. The van der Waals surface area contributed by atoms with Gasteiger partial charge < -0.3 is 0 Å². The number of nitrogens with zero attached hydrogens (tertiary/aromatic N) is 3. The standard InChI is InChI=1S/C54H37N3S2/c1-54(2)44-20-6-3-14-41(44)48-42(18-11-21-45(48)54)52-55-51(56-53(57-52)43-19-10-17-40-38-13-5-8-23-47(38)59-50(40)43)35-30-26-33(27-31-35)32-24-28-34(29-25-32)36-15-9-16-39-37-12-4-7-22-46(37)58-49(36)39/h3-9,11-18,20-31H,10,19H2,1-2H3. The van der Waals surface area contributed by atoms with Crippen molar-refractivity contribution in [1.29, 1.82) is 0 Å². The largest absolute Gasteiger partial charge is 0.208 e. The molecule has 0 N–H and O–H groups in total. The minimum Gasteiger partial charge on any atom is -0.208 e. The van der Waals surface area contributed by atoms with Crippen molar-refractivity contribution in [2.24, 2.45) is 0 Å². The molecule has 0 amide bonds. The Labute approximate surface area is 350 Å². The van der Waals surface area contributed by atoms with Gasteiger partial charge in [0, 0.05) is 51.5 Å². The SMILES string of the molecule is CC1(C)c2ccccc2-c2c(-c3nc(C4=c5sc6ccccc6c5=CCC4)nc(-c4ccc(-c5ccc(-c6cccc7c6sc6ccccc67)cc5)cc4)n3)cccc21. The van der Waals surface area contributed by atoms with Crippen LogP contribution in [0.1, 0.15) is 43.6 Å². The highest BCUT2D eigenvalue weighted by Crippen LogP contribution is 2.51. The second-order valence-electron chi connectivity index (χ2n) is 16.2. The summed E-state index contributed by atoms with van der Waals surface area (Å²) >= 11 is 3.72. The Hall–Kier alpha value is -6.53. The van der Waals surface area contributed by atoms with Gasteiger partial charge in [0.05, 0.1) is 0 Å². The summed E-state index contributed by atoms with van der Waals surface area (Å²) in [5.41, 5.74) is 13.1. The van der Waals surface area contributed by atoms with Gasteiger partial charge in [-0.25, -0.2) is 15.0 Å². The molecule has 0 bridgehead atoms. The van der Waals surface area contributed by atoms with Crippen molar-refractivity contribution in [3.8, 4) is 56.2 Å². The van der Waals surface area contributed by atoms with Crippen molar-refractivity contribution in [2.45, 2.75) is 32.1 Å². The van der Waals surface area contributed by atoms with Crippen molar-refractivity contribution in [2.75, 3.05) is 0 Å². The van der Waals surface area contributed by atoms with Crippen molar-refractivity contribution in [1.82, 2.24) is 15.0 Å². The average molecular weight is 792 g/mol. The van der Waals surface area contributed by atoms with Gasteiger partial charge in [0.15, 0.2) is 17.5 Å². The Balaban J connectivity index is 0.973. The Morgan fingerprint density at radius 1 is 0.458 bits per heavy atom. The van der Waals surface area contributed by atoms with Gasteiger partial charge in [-0.2, -0.15) is 0 Å². The van der Waals surface area contributed by atoms with Crippen LogP contribution >= 0.6 is 22.7 Å². The number of rotatable bonds is 5. The average Bonchev–Trinajstić information content (AvgIpc) is 3.94.